The fourth-order valence-corrected chi connectivity index (χ4v) is 3.19. The number of benzene rings is 2. The Morgan fingerprint density at radius 1 is 0.968 bits per heavy atom. The Bertz CT molecular complexity index is 1340. The first kappa shape index (κ1) is 20.0. The molecule has 0 saturated carbocycles. The van der Waals surface area contributed by atoms with E-state index in [1.807, 2.05) is 6.07 Å². The molecule has 1 amide bonds. The standard InChI is InChI=1S/C22H19N5O4/c1-31-17-9-7-15(8-10-17)13-27-21(29)19-20(24-12-11-23-19)26(22(27)30)14-18(28)25-16-5-3-2-4-6-16/h2-12H,13-14H2,1H3,(H,25,28). The van der Waals surface area contributed by atoms with Gasteiger partial charge in [0, 0.05) is 18.1 Å². The maximum atomic E-state index is 13.2. The summed E-state index contributed by atoms with van der Waals surface area (Å²) in [4.78, 5) is 46.9. The highest BCUT2D eigenvalue weighted by molar-refractivity contribution is 5.91. The highest BCUT2D eigenvalue weighted by Gasteiger charge is 2.17. The van der Waals surface area contributed by atoms with Crippen LogP contribution in [0.2, 0.25) is 0 Å². The van der Waals surface area contributed by atoms with E-state index in [0.29, 0.717) is 11.4 Å². The fraction of sp³-hybridized carbons (Fsp3) is 0.136. The van der Waals surface area contributed by atoms with Gasteiger partial charge in [0.2, 0.25) is 5.91 Å². The normalized spacial score (nSPS) is 10.7. The van der Waals surface area contributed by atoms with E-state index in [0.717, 1.165) is 14.7 Å². The first-order chi connectivity index (χ1) is 15.1. The number of ether oxygens (including phenoxy) is 1. The number of nitrogens with one attached hydrogen (secondary N) is 1. The third-order valence-corrected chi connectivity index (χ3v) is 4.70. The van der Waals surface area contributed by atoms with Crippen LogP contribution in [-0.2, 0) is 17.9 Å². The van der Waals surface area contributed by atoms with Gasteiger partial charge in [0.1, 0.15) is 12.3 Å². The molecule has 2 aromatic heterocycles. The maximum absolute atomic E-state index is 13.2. The highest BCUT2D eigenvalue weighted by atomic mass is 16.5. The lowest BCUT2D eigenvalue weighted by molar-refractivity contribution is -0.116. The Kier molecular flexibility index (Phi) is 5.57. The Morgan fingerprint density at radius 2 is 1.68 bits per heavy atom. The van der Waals surface area contributed by atoms with Crippen molar-refractivity contribution in [3.63, 3.8) is 0 Å². The molecule has 0 aliphatic rings. The summed E-state index contributed by atoms with van der Waals surface area (Å²) in [6.45, 7) is -0.291. The number of anilines is 1. The third-order valence-electron chi connectivity index (χ3n) is 4.70. The molecule has 0 bridgehead atoms. The molecular formula is C22H19N5O4. The van der Waals surface area contributed by atoms with Gasteiger partial charge in [0.05, 0.1) is 13.7 Å². The SMILES string of the molecule is COc1ccc(Cn2c(=O)c3nccnc3n(CC(=O)Nc3ccccc3)c2=O)cc1. The Morgan fingerprint density at radius 3 is 2.39 bits per heavy atom. The van der Waals surface area contributed by atoms with Gasteiger partial charge in [0.25, 0.3) is 5.56 Å². The second-order valence-electron chi connectivity index (χ2n) is 6.75. The van der Waals surface area contributed by atoms with Crippen molar-refractivity contribution in [2.45, 2.75) is 13.1 Å². The molecular weight excluding hydrogens is 398 g/mol. The molecule has 31 heavy (non-hydrogen) atoms. The van der Waals surface area contributed by atoms with Crippen LogP contribution in [0.15, 0.2) is 76.6 Å². The fourth-order valence-electron chi connectivity index (χ4n) is 3.19. The van der Waals surface area contributed by atoms with Crippen molar-refractivity contribution >= 4 is 22.8 Å². The molecule has 0 fully saturated rings. The minimum Gasteiger partial charge on any atom is -0.497 e. The van der Waals surface area contributed by atoms with Gasteiger partial charge < -0.3 is 10.1 Å². The first-order valence-corrected chi connectivity index (χ1v) is 9.49. The molecule has 4 rings (SSSR count). The molecule has 4 aromatic rings. The van der Waals surface area contributed by atoms with Crippen molar-refractivity contribution in [1.82, 2.24) is 19.1 Å². The molecule has 2 heterocycles. The number of carbonyl (C=O) groups excluding carboxylic acids is 1. The van der Waals surface area contributed by atoms with Gasteiger partial charge in [-0.3, -0.25) is 18.7 Å². The summed E-state index contributed by atoms with van der Waals surface area (Å²) in [6, 6.07) is 15.9. The third kappa shape index (κ3) is 4.20. The predicted octanol–water partition coefficient (Wildman–Crippen LogP) is 1.65. The van der Waals surface area contributed by atoms with Crippen molar-refractivity contribution in [1.29, 1.82) is 0 Å². The second kappa shape index (κ2) is 8.62. The summed E-state index contributed by atoms with van der Waals surface area (Å²) in [7, 11) is 1.56. The monoisotopic (exact) mass is 417 g/mol. The first-order valence-electron chi connectivity index (χ1n) is 9.49. The molecule has 0 atom stereocenters. The largest absolute Gasteiger partial charge is 0.497 e. The van der Waals surface area contributed by atoms with E-state index < -0.39 is 17.2 Å². The number of fused-ring (bicyclic) bond motifs is 1. The van der Waals surface area contributed by atoms with E-state index in [-0.39, 0.29) is 24.3 Å². The average Bonchev–Trinajstić information content (AvgIpc) is 2.80. The smallest absolute Gasteiger partial charge is 0.333 e. The average molecular weight is 417 g/mol. The summed E-state index contributed by atoms with van der Waals surface area (Å²) < 4.78 is 7.35. The van der Waals surface area contributed by atoms with Crippen LogP contribution >= 0.6 is 0 Å². The van der Waals surface area contributed by atoms with Crippen LogP contribution in [0.25, 0.3) is 11.2 Å². The minimum absolute atomic E-state index is 0.0168. The molecule has 156 valence electrons. The molecule has 1 N–H and O–H groups in total. The number of amides is 1. The molecule has 0 saturated heterocycles. The number of para-hydroxylation sites is 1. The summed E-state index contributed by atoms with van der Waals surface area (Å²) in [6.07, 6.45) is 2.75. The zero-order valence-electron chi connectivity index (χ0n) is 16.7. The summed E-state index contributed by atoms with van der Waals surface area (Å²) in [5.74, 6) is 0.241. The molecule has 2 aromatic carbocycles. The van der Waals surface area contributed by atoms with Crippen LogP contribution in [0.3, 0.4) is 0 Å². The topological polar surface area (TPSA) is 108 Å². The van der Waals surface area contributed by atoms with Crippen LogP contribution < -0.4 is 21.3 Å². The Labute approximate surface area is 176 Å². The number of hydrogen-bond donors (Lipinski definition) is 1. The van der Waals surface area contributed by atoms with Crippen LogP contribution in [0.4, 0.5) is 5.69 Å². The molecule has 0 radical (unpaired) electrons. The number of aromatic nitrogens is 4. The lowest BCUT2D eigenvalue weighted by Gasteiger charge is -2.13. The van der Waals surface area contributed by atoms with Crippen molar-refractivity contribution in [2.24, 2.45) is 0 Å². The number of carbonyl (C=O) groups is 1. The van der Waals surface area contributed by atoms with Gasteiger partial charge in [-0.15, -0.1) is 0 Å². The minimum atomic E-state index is -0.642. The number of methoxy groups -OCH3 is 1. The maximum Gasteiger partial charge on any atom is 0.333 e. The Hall–Kier alpha value is -4.27. The number of rotatable bonds is 6. The quantitative estimate of drug-likeness (QED) is 0.511. The van der Waals surface area contributed by atoms with Gasteiger partial charge in [-0.25, -0.2) is 14.8 Å². The molecule has 9 heteroatoms. The molecule has 9 nitrogen and oxygen atoms in total. The van der Waals surface area contributed by atoms with Crippen LogP contribution in [0.1, 0.15) is 5.56 Å². The van der Waals surface area contributed by atoms with Crippen LogP contribution in [0, 0.1) is 0 Å². The van der Waals surface area contributed by atoms with E-state index in [1.165, 1.54) is 12.4 Å². The zero-order chi connectivity index (χ0) is 21.8. The van der Waals surface area contributed by atoms with Gasteiger partial charge in [0.15, 0.2) is 11.2 Å². The van der Waals surface area contributed by atoms with Crippen molar-refractivity contribution in [3.8, 4) is 5.75 Å². The van der Waals surface area contributed by atoms with Crippen LogP contribution in [-0.4, -0.2) is 32.1 Å². The highest BCUT2D eigenvalue weighted by Crippen LogP contribution is 2.12. The van der Waals surface area contributed by atoms with Crippen molar-refractivity contribution < 1.29 is 9.53 Å². The van der Waals surface area contributed by atoms with E-state index in [4.69, 9.17) is 4.74 Å². The molecule has 0 aliphatic heterocycles. The summed E-state index contributed by atoms with van der Waals surface area (Å²) >= 11 is 0. The number of hydrogen-bond acceptors (Lipinski definition) is 6. The van der Waals surface area contributed by atoms with Crippen molar-refractivity contribution in [2.75, 3.05) is 12.4 Å². The molecule has 0 unspecified atom stereocenters. The Balaban J connectivity index is 1.74. The lowest BCUT2D eigenvalue weighted by atomic mass is 10.2. The van der Waals surface area contributed by atoms with Gasteiger partial charge in [-0.2, -0.15) is 0 Å². The van der Waals surface area contributed by atoms with Gasteiger partial charge in [-0.05, 0) is 29.8 Å². The van der Waals surface area contributed by atoms with Gasteiger partial charge >= 0.3 is 5.69 Å². The zero-order valence-corrected chi connectivity index (χ0v) is 16.7. The summed E-state index contributed by atoms with van der Waals surface area (Å²) in [5, 5.41) is 2.73. The van der Waals surface area contributed by atoms with Gasteiger partial charge in [-0.1, -0.05) is 30.3 Å². The van der Waals surface area contributed by atoms with E-state index >= 15 is 0 Å². The predicted molar refractivity (Wildman–Crippen MR) is 115 cm³/mol. The van der Waals surface area contributed by atoms with E-state index in [9.17, 15) is 14.4 Å². The molecule has 0 spiro atoms. The van der Waals surface area contributed by atoms with Crippen LogP contribution in [0.5, 0.6) is 5.75 Å². The lowest BCUT2D eigenvalue weighted by Crippen LogP contribution is -2.42. The summed E-state index contributed by atoms with van der Waals surface area (Å²) in [5.41, 5.74) is 0.196. The van der Waals surface area contributed by atoms with E-state index in [2.05, 4.69) is 15.3 Å². The number of nitrogens with zero attached hydrogens (tertiary/aromatic N) is 4. The second-order valence-corrected chi connectivity index (χ2v) is 6.75. The van der Waals surface area contributed by atoms with Crippen molar-refractivity contribution in [3.05, 3.63) is 93.4 Å². The van der Waals surface area contributed by atoms with E-state index in [1.54, 1.807) is 55.6 Å². The molecule has 0 aliphatic carbocycles.